The first-order chi connectivity index (χ1) is 21.7. The topological polar surface area (TPSA) is 114 Å². The Labute approximate surface area is 268 Å². The quantitative estimate of drug-likeness (QED) is 0.165. The number of aryl methyl sites for hydroxylation is 1. The Bertz CT molecular complexity index is 1940. The van der Waals surface area contributed by atoms with Gasteiger partial charge in [-0.3, -0.25) is 28.6 Å². The predicted octanol–water partition coefficient (Wildman–Crippen LogP) is 5.64. The summed E-state index contributed by atoms with van der Waals surface area (Å²) in [5, 5.41) is 11.9. The fourth-order valence-electron chi connectivity index (χ4n) is 5.42. The molecule has 0 spiro atoms. The lowest BCUT2D eigenvalue weighted by atomic mass is 10.0. The van der Waals surface area contributed by atoms with Gasteiger partial charge in [-0.1, -0.05) is 77.8 Å². The molecule has 4 aromatic carbocycles. The van der Waals surface area contributed by atoms with Crippen molar-refractivity contribution in [3.8, 4) is 5.69 Å². The number of benzene rings is 4. The highest BCUT2D eigenvalue weighted by Crippen LogP contribution is 2.28. The smallest absolute Gasteiger partial charge is 0.262 e. The van der Waals surface area contributed by atoms with Crippen molar-refractivity contribution in [1.82, 2.24) is 25.0 Å². The fourth-order valence-corrected chi connectivity index (χ4v) is 5.82. The van der Waals surface area contributed by atoms with Crippen LogP contribution in [-0.2, 0) is 17.8 Å². The van der Waals surface area contributed by atoms with Gasteiger partial charge in [0.25, 0.3) is 11.8 Å². The van der Waals surface area contributed by atoms with E-state index in [1.54, 1.807) is 78.2 Å². The zero-order valence-electron chi connectivity index (χ0n) is 23.9. The Morgan fingerprint density at radius 1 is 0.800 bits per heavy atom. The van der Waals surface area contributed by atoms with Crippen LogP contribution in [0.5, 0.6) is 0 Å². The molecule has 9 nitrogen and oxygen atoms in total. The number of rotatable bonds is 9. The third-order valence-electron chi connectivity index (χ3n) is 7.59. The summed E-state index contributed by atoms with van der Waals surface area (Å²) in [6.45, 7) is 1.60. The van der Waals surface area contributed by atoms with Crippen LogP contribution in [0.1, 0.15) is 53.8 Å². The molecule has 0 aliphatic carbocycles. The van der Waals surface area contributed by atoms with Crippen LogP contribution in [0.4, 0.5) is 0 Å². The van der Waals surface area contributed by atoms with Crippen molar-refractivity contribution in [2.45, 2.75) is 25.9 Å². The predicted molar refractivity (Wildman–Crippen MR) is 169 cm³/mol. The highest BCUT2D eigenvalue weighted by atomic mass is 35.5. The zero-order valence-corrected chi connectivity index (χ0v) is 25.4. The summed E-state index contributed by atoms with van der Waals surface area (Å²) < 4.78 is 1.65. The molecule has 11 heteroatoms. The van der Waals surface area contributed by atoms with Gasteiger partial charge in [-0.05, 0) is 55.0 Å². The third kappa shape index (κ3) is 5.75. The minimum Gasteiger partial charge on any atom is -0.347 e. The number of hydrogen-bond acceptors (Lipinski definition) is 6. The van der Waals surface area contributed by atoms with E-state index >= 15 is 0 Å². The minimum atomic E-state index is -1.13. The molecule has 2 heterocycles. The number of halogens is 2. The molecule has 6 rings (SSSR count). The van der Waals surface area contributed by atoms with E-state index in [9.17, 15) is 19.2 Å². The summed E-state index contributed by atoms with van der Waals surface area (Å²) in [5.41, 5.74) is 2.28. The van der Waals surface area contributed by atoms with E-state index in [2.05, 4.69) is 15.5 Å². The van der Waals surface area contributed by atoms with Crippen molar-refractivity contribution >= 4 is 46.7 Å². The molecule has 0 bridgehead atoms. The molecule has 1 aliphatic heterocycles. The highest BCUT2D eigenvalue weighted by molar-refractivity contribution is 6.35. The van der Waals surface area contributed by atoms with Gasteiger partial charge in [-0.2, -0.15) is 0 Å². The van der Waals surface area contributed by atoms with E-state index in [0.29, 0.717) is 32.9 Å². The Morgan fingerprint density at radius 3 is 2.13 bits per heavy atom. The van der Waals surface area contributed by atoms with Crippen molar-refractivity contribution in [1.29, 1.82) is 0 Å². The summed E-state index contributed by atoms with van der Waals surface area (Å²) in [6.07, 6.45) is 0.109. The third-order valence-corrected chi connectivity index (χ3v) is 8.15. The number of imide groups is 1. The number of nitrogens with zero attached hydrogens (tertiary/aromatic N) is 4. The maximum Gasteiger partial charge on any atom is 0.262 e. The monoisotopic (exact) mass is 637 g/mol. The molecule has 3 amide bonds. The molecular weight excluding hydrogens is 613 g/mol. The van der Waals surface area contributed by atoms with Gasteiger partial charge in [0.05, 0.1) is 28.4 Å². The van der Waals surface area contributed by atoms with Gasteiger partial charge in [0.1, 0.15) is 11.9 Å². The van der Waals surface area contributed by atoms with Gasteiger partial charge in [-0.15, -0.1) is 10.2 Å². The zero-order chi connectivity index (χ0) is 31.7. The number of aromatic nitrogens is 3. The number of carbonyl (C=O) groups is 4. The van der Waals surface area contributed by atoms with E-state index < -0.39 is 23.8 Å². The van der Waals surface area contributed by atoms with Crippen molar-refractivity contribution in [2.24, 2.45) is 0 Å². The van der Waals surface area contributed by atoms with Gasteiger partial charge >= 0.3 is 0 Å². The number of nitrogens with one attached hydrogen (secondary N) is 1. The molecule has 1 N–H and O–H groups in total. The molecule has 0 radical (unpaired) electrons. The fraction of sp³-hybridized carbons (Fsp3) is 0.118. The van der Waals surface area contributed by atoms with Gasteiger partial charge in [0.15, 0.2) is 11.6 Å². The van der Waals surface area contributed by atoms with Crippen LogP contribution >= 0.6 is 23.2 Å². The molecule has 1 aromatic heterocycles. The van der Waals surface area contributed by atoms with Gasteiger partial charge in [0.2, 0.25) is 5.91 Å². The average Bonchev–Trinajstić information content (AvgIpc) is 3.54. The minimum absolute atomic E-state index is 0.109. The number of hydrogen-bond donors (Lipinski definition) is 1. The lowest BCUT2D eigenvalue weighted by molar-refractivity contribution is -0.125. The second kappa shape index (κ2) is 12.5. The van der Waals surface area contributed by atoms with E-state index in [1.807, 2.05) is 30.3 Å². The van der Waals surface area contributed by atoms with E-state index in [-0.39, 0.29) is 35.4 Å². The maximum absolute atomic E-state index is 13.8. The normalized spacial score (nSPS) is 13.1. The molecule has 1 unspecified atom stereocenters. The lowest BCUT2D eigenvalue weighted by Crippen LogP contribution is -2.50. The summed E-state index contributed by atoms with van der Waals surface area (Å²) in [4.78, 5) is 55.3. The molecular formula is C34H25Cl2N5O4. The van der Waals surface area contributed by atoms with Crippen molar-refractivity contribution in [2.75, 3.05) is 0 Å². The Hall–Kier alpha value is -5.12. The van der Waals surface area contributed by atoms with E-state index in [0.717, 1.165) is 10.5 Å². The van der Waals surface area contributed by atoms with Crippen molar-refractivity contribution in [3.63, 3.8) is 0 Å². The molecule has 224 valence electrons. The second-order valence-corrected chi connectivity index (χ2v) is 11.3. The largest absolute Gasteiger partial charge is 0.347 e. The number of fused-ring (bicyclic) bond motifs is 1. The standard InChI is InChI=1S/C34H25Cl2N5O4/c1-20-38-39-30(40(20)28-16-15-22(35)18-26(28)31(42)25-13-7-8-14-27(25)36)19-37-32(43)29(17-21-9-3-2-4-10-21)41-33(44)23-11-5-6-12-24(23)34(41)45/h2-16,18,29H,17,19H2,1H3,(H,37,43). The lowest BCUT2D eigenvalue weighted by Gasteiger charge is -2.25. The molecule has 1 atom stereocenters. The molecule has 0 saturated heterocycles. The Balaban J connectivity index is 1.31. The molecule has 45 heavy (non-hydrogen) atoms. The van der Waals surface area contributed by atoms with E-state index in [4.69, 9.17) is 23.2 Å². The van der Waals surface area contributed by atoms with Crippen LogP contribution in [0.25, 0.3) is 5.69 Å². The van der Waals surface area contributed by atoms with Crippen LogP contribution < -0.4 is 5.32 Å². The number of ketones is 1. The van der Waals surface area contributed by atoms with Crippen LogP contribution in [0.15, 0.2) is 97.1 Å². The molecule has 1 aliphatic rings. The van der Waals surface area contributed by atoms with Crippen LogP contribution in [0, 0.1) is 6.92 Å². The Kier molecular flexibility index (Phi) is 8.30. The SMILES string of the molecule is Cc1nnc(CNC(=O)C(Cc2ccccc2)N2C(=O)c3ccccc3C2=O)n1-c1ccc(Cl)cc1C(=O)c1ccccc1Cl. The highest BCUT2D eigenvalue weighted by Gasteiger charge is 2.42. The van der Waals surface area contributed by atoms with Crippen molar-refractivity contribution < 1.29 is 19.2 Å². The number of amides is 3. The van der Waals surface area contributed by atoms with Crippen LogP contribution in [0.2, 0.25) is 10.0 Å². The van der Waals surface area contributed by atoms with Gasteiger partial charge in [0, 0.05) is 22.6 Å². The van der Waals surface area contributed by atoms with E-state index in [1.165, 1.54) is 0 Å². The second-order valence-electron chi connectivity index (χ2n) is 10.4. The Morgan fingerprint density at radius 2 is 1.44 bits per heavy atom. The van der Waals surface area contributed by atoms with Crippen LogP contribution in [-0.4, -0.2) is 49.2 Å². The first-order valence-electron chi connectivity index (χ1n) is 14.0. The average molecular weight is 639 g/mol. The molecule has 0 fully saturated rings. The number of carbonyl (C=O) groups excluding carboxylic acids is 4. The summed E-state index contributed by atoms with van der Waals surface area (Å²) in [5.74, 6) is -1.20. The summed E-state index contributed by atoms with van der Waals surface area (Å²) in [7, 11) is 0. The summed E-state index contributed by atoms with van der Waals surface area (Å²) >= 11 is 12.7. The first kappa shape index (κ1) is 29.9. The molecule has 5 aromatic rings. The first-order valence-corrected chi connectivity index (χ1v) is 14.8. The van der Waals surface area contributed by atoms with Crippen LogP contribution in [0.3, 0.4) is 0 Å². The maximum atomic E-state index is 13.8. The molecule has 0 saturated carbocycles. The van der Waals surface area contributed by atoms with Crippen molar-refractivity contribution in [3.05, 3.63) is 147 Å². The van der Waals surface area contributed by atoms with Gasteiger partial charge in [-0.25, -0.2) is 0 Å². The summed E-state index contributed by atoms with van der Waals surface area (Å²) in [6, 6.07) is 26.1. The van der Waals surface area contributed by atoms with Gasteiger partial charge < -0.3 is 5.32 Å².